The van der Waals surface area contributed by atoms with E-state index in [0.717, 1.165) is 6.07 Å². The summed E-state index contributed by atoms with van der Waals surface area (Å²) in [7, 11) is 0. The average molecular weight is 306 g/mol. The Morgan fingerprint density at radius 1 is 1.00 bits per heavy atom. The molecule has 0 saturated heterocycles. The molecule has 0 aliphatic carbocycles. The smallest absolute Gasteiger partial charge is 0.150 e. The first kappa shape index (κ1) is 14.0. The van der Waals surface area contributed by atoms with E-state index in [2.05, 4.69) is 5.32 Å². The van der Waals surface area contributed by atoms with Gasteiger partial charge in [0.1, 0.15) is 11.6 Å². The predicted molar refractivity (Wildman–Crippen MR) is 70.1 cm³/mol. The Labute approximate surface area is 118 Å². The zero-order valence-electron chi connectivity index (χ0n) is 9.48. The monoisotopic (exact) mass is 305 g/mol. The number of benzene rings is 2. The van der Waals surface area contributed by atoms with Crippen LogP contribution in [0.25, 0.3) is 0 Å². The van der Waals surface area contributed by atoms with Crippen molar-refractivity contribution < 1.29 is 13.2 Å². The molecule has 0 fully saturated rings. The molecular formula is C13H8Cl2F3N. The third kappa shape index (κ3) is 3.14. The van der Waals surface area contributed by atoms with Crippen molar-refractivity contribution in [2.24, 2.45) is 0 Å². The normalized spacial score (nSPS) is 10.6. The molecular weight excluding hydrogens is 298 g/mol. The molecule has 0 atom stereocenters. The summed E-state index contributed by atoms with van der Waals surface area (Å²) in [6.45, 7) is 0.0683. The maximum absolute atomic E-state index is 13.5. The number of hydrogen-bond donors (Lipinski definition) is 1. The SMILES string of the molecule is Fc1cc(F)c(NCc2cccc(F)c2Cl)c(Cl)c1. The largest absolute Gasteiger partial charge is 0.377 e. The van der Waals surface area contributed by atoms with Crippen molar-refractivity contribution in [1.82, 2.24) is 0 Å². The highest BCUT2D eigenvalue weighted by Gasteiger charge is 2.11. The lowest BCUT2D eigenvalue weighted by Gasteiger charge is -2.11. The van der Waals surface area contributed by atoms with Crippen LogP contribution in [0.5, 0.6) is 0 Å². The van der Waals surface area contributed by atoms with Gasteiger partial charge in [-0.1, -0.05) is 35.3 Å². The Bertz CT molecular complexity index is 594. The molecule has 100 valence electrons. The van der Waals surface area contributed by atoms with Crippen LogP contribution in [0, 0.1) is 17.5 Å². The number of hydrogen-bond acceptors (Lipinski definition) is 1. The molecule has 0 radical (unpaired) electrons. The van der Waals surface area contributed by atoms with E-state index in [1.165, 1.54) is 12.1 Å². The molecule has 0 bridgehead atoms. The Balaban J connectivity index is 2.22. The molecule has 2 rings (SSSR count). The van der Waals surface area contributed by atoms with E-state index in [-0.39, 0.29) is 22.3 Å². The molecule has 0 aliphatic heterocycles. The second-order valence-electron chi connectivity index (χ2n) is 3.81. The Morgan fingerprint density at radius 3 is 2.42 bits per heavy atom. The molecule has 0 unspecified atom stereocenters. The summed E-state index contributed by atoms with van der Waals surface area (Å²) in [5.74, 6) is -2.15. The minimum Gasteiger partial charge on any atom is -0.377 e. The Hall–Kier alpha value is -1.39. The molecule has 19 heavy (non-hydrogen) atoms. The summed E-state index contributed by atoms with van der Waals surface area (Å²) in [5.41, 5.74) is 0.393. The number of halogens is 5. The molecule has 0 aromatic heterocycles. The van der Waals surface area contributed by atoms with Gasteiger partial charge in [0.25, 0.3) is 0 Å². The van der Waals surface area contributed by atoms with Crippen LogP contribution in [0.2, 0.25) is 10.0 Å². The van der Waals surface area contributed by atoms with Crippen molar-refractivity contribution >= 4 is 28.9 Å². The van der Waals surface area contributed by atoms with Gasteiger partial charge < -0.3 is 5.32 Å². The third-order valence-electron chi connectivity index (χ3n) is 2.49. The van der Waals surface area contributed by atoms with Crippen LogP contribution < -0.4 is 5.32 Å². The number of anilines is 1. The Kier molecular flexibility index (Phi) is 4.22. The predicted octanol–water partition coefficient (Wildman–Crippen LogP) is 5.02. The van der Waals surface area contributed by atoms with Crippen molar-refractivity contribution in [3.8, 4) is 0 Å². The molecule has 2 aromatic carbocycles. The van der Waals surface area contributed by atoms with Gasteiger partial charge in [-0.15, -0.1) is 0 Å². The number of nitrogens with one attached hydrogen (secondary N) is 1. The fraction of sp³-hybridized carbons (Fsp3) is 0.0769. The van der Waals surface area contributed by atoms with Crippen molar-refractivity contribution in [2.45, 2.75) is 6.54 Å². The summed E-state index contributed by atoms with van der Waals surface area (Å²) in [6.07, 6.45) is 0. The molecule has 6 heteroatoms. The fourth-order valence-corrected chi connectivity index (χ4v) is 2.03. The summed E-state index contributed by atoms with van der Waals surface area (Å²) in [6, 6.07) is 5.99. The first-order chi connectivity index (χ1) is 8.99. The lowest BCUT2D eigenvalue weighted by atomic mass is 10.2. The lowest BCUT2D eigenvalue weighted by molar-refractivity contribution is 0.585. The molecule has 0 amide bonds. The highest BCUT2D eigenvalue weighted by atomic mass is 35.5. The zero-order valence-corrected chi connectivity index (χ0v) is 11.0. The lowest BCUT2D eigenvalue weighted by Crippen LogP contribution is -2.04. The van der Waals surface area contributed by atoms with Crippen LogP contribution in [-0.2, 0) is 6.54 Å². The molecule has 0 saturated carbocycles. The van der Waals surface area contributed by atoms with Gasteiger partial charge in [0, 0.05) is 12.6 Å². The van der Waals surface area contributed by atoms with Crippen LogP contribution in [0.15, 0.2) is 30.3 Å². The highest BCUT2D eigenvalue weighted by Crippen LogP contribution is 2.28. The average Bonchev–Trinajstić information content (AvgIpc) is 2.33. The summed E-state index contributed by atoms with van der Waals surface area (Å²) in [5, 5.41) is 2.53. The highest BCUT2D eigenvalue weighted by molar-refractivity contribution is 6.33. The minimum absolute atomic E-state index is 0.0476. The van der Waals surface area contributed by atoms with Crippen LogP contribution in [0.4, 0.5) is 18.9 Å². The van der Waals surface area contributed by atoms with Gasteiger partial charge in [-0.25, -0.2) is 13.2 Å². The molecule has 1 nitrogen and oxygen atoms in total. The molecule has 0 heterocycles. The fourth-order valence-electron chi connectivity index (χ4n) is 1.58. The van der Waals surface area contributed by atoms with Gasteiger partial charge in [-0.2, -0.15) is 0 Å². The summed E-state index contributed by atoms with van der Waals surface area (Å²) in [4.78, 5) is 0. The Morgan fingerprint density at radius 2 is 1.74 bits per heavy atom. The second kappa shape index (κ2) is 5.72. The van der Waals surface area contributed by atoms with Gasteiger partial charge in [0.15, 0.2) is 5.82 Å². The van der Waals surface area contributed by atoms with E-state index in [9.17, 15) is 13.2 Å². The van der Waals surface area contributed by atoms with Crippen LogP contribution in [0.1, 0.15) is 5.56 Å². The standard InChI is InChI=1S/C13H8Cl2F3N/c14-9-4-8(16)5-11(18)13(9)19-6-7-2-1-3-10(17)12(7)15/h1-5,19H,6H2. The maximum Gasteiger partial charge on any atom is 0.150 e. The third-order valence-corrected chi connectivity index (χ3v) is 3.22. The van der Waals surface area contributed by atoms with Crippen LogP contribution >= 0.6 is 23.2 Å². The summed E-state index contributed by atoms with van der Waals surface area (Å²) >= 11 is 11.5. The van der Waals surface area contributed by atoms with Crippen molar-refractivity contribution in [3.05, 3.63) is 63.4 Å². The van der Waals surface area contributed by atoms with Crippen LogP contribution in [0.3, 0.4) is 0 Å². The number of rotatable bonds is 3. The van der Waals surface area contributed by atoms with E-state index in [1.54, 1.807) is 6.07 Å². The van der Waals surface area contributed by atoms with Gasteiger partial charge in [0.2, 0.25) is 0 Å². The van der Waals surface area contributed by atoms with E-state index < -0.39 is 17.5 Å². The maximum atomic E-state index is 13.5. The van der Waals surface area contributed by atoms with Crippen molar-refractivity contribution in [2.75, 3.05) is 5.32 Å². The van der Waals surface area contributed by atoms with Crippen LogP contribution in [-0.4, -0.2) is 0 Å². The van der Waals surface area contributed by atoms with E-state index in [4.69, 9.17) is 23.2 Å². The molecule has 0 spiro atoms. The van der Waals surface area contributed by atoms with Gasteiger partial charge in [-0.05, 0) is 17.7 Å². The quantitative estimate of drug-likeness (QED) is 0.839. The minimum atomic E-state index is -0.822. The van der Waals surface area contributed by atoms with Gasteiger partial charge in [0.05, 0.1) is 15.7 Å². The van der Waals surface area contributed by atoms with Gasteiger partial charge >= 0.3 is 0 Å². The van der Waals surface area contributed by atoms with Gasteiger partial charge in [-0.3, -0.25) is 0 Å². The van der Waals surface area contributed by atoms with E-state index in [0.29, 0.717) is 11.6 Å². The van der Waals surface area contributed by atoms with E-state index in [1.807, 2.05) is 0 Å². The zero-order chi connectivity index (χ0) is 14.0. The summed E-state index contributed by atoms with van der Waals surface area (Å²) < 4.78 is 39.6. The topological polar surface area (TPSA) is 12.0 Å². The molecule has 0 aliphatic rings. The second-order valence-corrected chi connectivity index (χ2v) is 4.60. The molecule has 2 aromatic rings. The van der Waals surface area contributed by atoms with Crippen molar-refractivity contribution in [3.63, 3.8) is 0 Å². The van der Waals surface area contributed by atoms with E-state index >= 15 is 0 Å². The molecule has 1 N–H and O–H groups in total. The first-order valence-corrected chi connectivity index (χ1v) is 6.06. The van der Waals surface area contributed by atoms with Crippen molar-refractivity contribution in [1.29, 1.82) is 0 Å². The first-order valence-electron chi connectivity index (χ1n) is 5.30.